The number of halogens is 1. The molecule has 0 radical (unpaired) electrons. The number of ether oxygens (including phenoxy) is 1. The average molecular weight is 376 g/mol. The van der Waals surface area contributed by atoms with E-state index in [1.165, 1.54) is 24.5 Å². The van der Waals surface area contributed by atoms with Gasteiger partial charge in [-0.3, -0.25) is 4.79 Å². The van der Waals surface area contributed by atoms with Crippen LogP contribution < -0.4 is 15.0 Å². The van der Waals surface area contributed by atoms with Gasteiger partial charge in [0.1, 0.15) is 11.3 Å². The van der Waals surface area contributed by atoms with Crippen molar-refractivity contribution in [1.82, 2.24) is 15.0 Å². The summed E-state index contributed by atoms with van der Waals surface area (Å²) in [6.07, 6.45) is 2.91. The maximum absolute atomic E-state index is 13.9. The number of hydrogen-bond acceptors (Lipinski definition) is 4. The highest BCUT2D eigenvalue weighted by Gasteiger charge is 2.16. The second kappa shape index (κ2) is 6.05. The molecule has 0 saturated carbocycles. The van der Waals surface area contributed by atoms with Gasteiger partial charge in [-0.25, -0.2) is 4.39 Å². The summed E-state index contributed by atoms with van der Waals surface area (Å²) in [5.74, 6) is -0.434. The van der Waals surface area contributed by atoms with Crippen molar-refractivity contribution in [3.8, 4) is 6.01 Å². The topological polar surface area (TPSA) is 97.7 Å². The van der Waals surface area contributed by atoms with Gasteiger partial charge < -0.3 is 19.9 Å². The number of rotatable bonds is 3. The lowest BCUT2D eigenvalue weighted by Crippen LogP contribution is -2.31. The van der Waals surface area contributed by atoms with E-state index in [0.29, 0.717) is 38.3 Å². The molecule has 2 aromatic carbocycles. The van der Waals surface area contributed by atoms with Crippen molar-refractivity contribution in [2.75, 3.05) is 0 Å². The molecular formula is C20H13FN4O3. The van der Waals surface area contributed by atoms with Crippen LogP contribution in [0.1, 0.15) is 5.69 Å². The molecule has 2 N–H and O–H groups in total. The van der Waals surface area contributed by atoms with Gasteiger partial charge >= 0.3 is 0 Å². The van der Waals surface area contributed by atoms with Crippen molar-refractivity contribution in [2.24, 2.45) is 0 Å². The molecule has 0 bridgehead atoms. The summed E-state index contributed by atoms with van der Waals surface area (Å²) in [5.41, 5.74) is 1.28. The summed E-state index contributed by atoms with van der Waals surface area (Å²) < 4.78 is 20.2. The van der Waals surface area contributed by atoms with Gasteiger partial charge in [-0.05, 0) is 30.3 Å². The number of imidazole rings is 1. The first-order chi connectivity index (χ1) is 13.6. The quantitative estimate of drug-likeness (QED) is 0.287. The molecule has 8 heteroatoms. The normalized spacial score (nSPS) is 11.5. The number of benzene rings is 2. The first-order valence-electron chi connectivity index (χ1n) is 8.54. The Bertz CT molecular complexity index is 1420. The molecule has 28 heavy (non-hydrogen) atoms. The SMILES string of the molecule is O=c1[nH]ccc2c3nc(OCc4cccc[n+]4[O-])[nH]c3c3ccc(F)cc3c12. The molecule has 0 saturated heterocycles. The minimum Gasteiger partial charge on any atom is -0.618 e. The number of H-pyrrole nitrogens is 2. The zero-order valence-electron chi connectivity index (χ0n) is 14.4. The van der Waals surface area contributed by atoms with Crippen LogP contribution in [0.25, 0.3) is 32.6 Å². The van der Waals surface area contributed by atoms with Crippen molar-refractivity contribution in [3.63, 3.8) is 0 Å². The van der Waals surface area contributed by atoms with Crippen LogP contribution in [0.15, 0.2) is 59.7 Å². The maximum atomic E-state index is 13.9. The number of pyridine rings is 2. The molecule has 3 heterocycles. The lowest BCUT2D eigenvalue weighted by atomic mass is 10.0. The van der Waals surface area contributed by atoms with Crippen molar-refractivity contribution < 1.29 is 13.9 Å². The number of fused-ring (bicyclic) bond motifs is 6. The summed E-state index contributed by atoms with van der Waals surface area (Å²) in [6.45, 7) is 0.0231. The predicted octanol–water partition coefficient (Wildman–Crippen LogP) is 2.91. The first-order valence-corrected chi connectivity index (χ1v) is 8.54. The average Bonchev–Trinajstić information content (AvgIpc) is 3.12. The third kappa shape index (κ3) is 2.46. The zero-order chi connectivity index (χ0) is 19.3. The van der Waals surface area contributed by atoms with E-state index in [1.54, 1.807) is 30.3 Å². The molecular weight excluding hydrogens is 363 g/mol. The molecule has 5 rings (SSSR count). The van der Waals surface area contributed by atoms with Crippen LogP contribution in [0.5, 0.6) is 6.01 Å². The Morgan fingerprint density at radius 1 is 1.14 bits per heavy atom. The van der Waals surface area contributed by atoms with Crippen LogP contribution >= 0.6 is 0 Å². The number of aromatic amines is 2. The molecule has 0 atom stereocenters. The van der Waals surface area contributed by atoms with Crippen LogP contribution in [0.3, 0.4) is 0 Å². The van der Waals surface area contributed by atoms with Gasteiger partial charge in [-0.15, -0.1) is 0 Å². The van der Waals surface area contributed by atoms with Crippen LogP contribution in [-0.2, 0) is 6.61 Å². The first kappa shape index (κ1) is 16.2. The van der Waals surface area contributed by atoms with Gasteiger partial charge in [0.05, 0.1) is 10.9 Å². The summed E-state index contributed by atoms with van der Waals surface area (Å²) in [4.78, 5) is 22.6. The van der Waals surface area contributed by atoms with E-state index < -0.39 is 5.82 Å². The minimum atomic E-state index is -0.434. The Hall–Kier alpha value is -3.94. The molecule has 0 aliphatic rings. The van der Waals surface area contributed by atoms with E-state index >= 15 is 0 Å². The summed E-state index contributed by atoms with van der Waals surface area (Å²) >= 11 is 0. The van der Waals surface area contributed by atoms with Crippen molar-refractivity contribution in [3.05, 3.63) is 81.9 Å². The van der Waals surface area contributed by atoms with E-state index in [2.05, 4.69) is 15.0 Å². The van der Waals surface area contributed by atoms with E-state index in [4.69, 9.17) is 4.74 Å². The number of nitrogens with zero attached hydrogens (tertiary/aromatic N) is 2. The highest BCUT2D eigenvalue weighted by molar-refractivity contribution is 6.23. The molecule has 0 aliphatic carbocycles. The Morgan fingerprint density at radius 3 is 2.89 bits per heavy atom. The molecule has 3 aromatic heterocycles. The van der Waals surface area contributed by atoms with Crippen LogP contribution in [0, 0.1) is 11.0 Å². The van der Waals surface area contributed by atoms with Gasteiger partial charge in [0.15, 0.2) is 12.8 Å². The Kier molecular flexibility index (Phi) is 3.51. The monoisotopic (exact) mass is 376 g/mol. The number of aromatic nitrogens is 4. The van der Waals surface area contributed by atoms with Crippen molar-refractivity contribution in [1.29, 1.82) is 0 Å². The molecule has 0 aliphatic heterocycles. The van der Waals surface area contributed by atoms with Crippen LogP contribution in [0.2, 0.25) is 0 Å². The lowest BCUT2D eigenvalue weighted by molar-refractivity contribution is -0.616. The second-order valence-electron chi connectivity index (χ2n) is 6.36. The highest BCUT2D eigenvalue weighted by atomic mass is 19.1. The second-order valence-corrected chi connectivity index (χ2v) is 6.36. The van der Waals surface area contributed by atoms with Gasteiger partial charge in [0.25, 0.3) is 11.6 Å². The smallest absolute Gasteiger partial charge is 0.295 e. The van der Waals surface area contributed by atoms with E-state index in [0.717, 1.165) is 4.73 Å². The third-order valence-corrected chi connectivity index (χ3v) is 4.68. The van der Waals surface area contributed by atoms with Gasteiger partial charge in [-0.1, -0.05) is 0 Å². The predicted molar refractivity (Wildman–Crippen MR) is 101 cm³/mol. The summed E-state index contributed by atoms with van der Waals surface area (Å²) in [6, 6.07) is 11.2. The van der Waals surface area contributed by atoms with E-state index in [1.807, 2.05) is 0 Å². The van der Waals surface area contributed by atoms with E-state index in [9.17, 15) is 14.4 Å². The third-order valence-electron chi connectivity index (χ3n) is 4.68. The minimum absolute atomic E-state index is 0.0231. The van der Waals surface area contributed by atoms with E-state index in [-0.39, 0.29) is 18.2 Å². The van der Waals surface area contributed by atoms with Gasteiger partial charge in [-0.2, -0.15) is 9.71 Å². The highest BCUT2D eigenvalue weighted by Crippen LogP contribution is 2.33. The Labute approximate surface area is 156 Å². The largest absolute Gasteiger partial charge is 0.618 e. The van der Waals surface area contributed by atoms with Crippen molar-refractivity contribution >= 4 is 32.6 Å². The van der Waals surface area contributed by atoms with Crippen LogP contribution in [0.4, 0.5) is 4.39 Å². The molecule has 5 aromatic rings. The summed E-state index contributed by atoms with van der Waals surface area (Å²) in [5, 5.41) is 13.9. The Morgan fingerprint density at radius 2 is 2.04 bits per heavy atom. The summed E-state index contributed by atoms with van der Waals surface area (Å²) in [7, 11) is 0. The lowest BCUT2D eigenvalue weighted by Gasteiger charge is -2.05. The molecule has 0 spiro atoms. The molecule has 0 fully saturated rings. The van der Waals surface area contributed by atoms with Gasteiger partial charge in [0.2, 0.25) is 5.69 Å². The molecule has 138 valence electrons. The zero-order valence-corrected chi connectivity index (χ0v) is 14.4. The fourth-order valence-electron chi connectivity index (χ4n) is 3.41. The molecule has 0 amide bonds. The maximum Gasteiger partial charge on any atom is 0.295 e. The van der Waals surface area contributed by atoms with Crippen LogP contribution in [-0.4, -0.2) is 15.0 Å². The van der Waals surface area contributed by atoms with Crippen molar-refractivity contribution in [2.45, 2.75) is 6.61 Å². The molecule has 7 nitrogen and oxygen atoms in total. The van der Waals surface area contributed by atoms with Gasteiger partial charge in [0, 0.05) is 34.5 Å². The fraction of sp³-hybridized carbons (Fsp3) is 0.0500. The standard InChI is InChI=1S/C20H13FN4O3/c21-11-4-5-13-15(9-11)16-14(6-7-22-19(16)26)18-17(13)23-20(24-18)28-10-12-3-1-2-8-25(12)27/h1-9H,10H2,(H,22,26)(H,23,24). The Balaban J connectivity index is 1.72. The fourth-order valence-corrected chi connectivity index (χ4v) is 3.41. The molecule has 0 unspecified atom stereocenters. The number of hydrogen-bond donors (Lipinski definition) is 2. The number of nitrogens with one attached hydrogen (secondary N) is 2.